The quantitative estimate of drug-likeness (QED) is 0.882. The summed E-state index contributed by atoms with van der Waals surface area (Å²) in [6, 6.07) is 7.06. The number of carbonyl (C=O) groups is 2. The van der Waals surface area contributed by atoms with E-state index >= 15 is 0 Å². The molecule has 1 aromatic heterocycles. The van der Waals surface area contributed by atoms with Crippen molar-refractivity contribution in [3.05, 3.63) is 30.1 Å². The Bertz CT molecular complexity index is 700. The molecule has 1 heterocycles. The van der Waals surface area contributed by atoms with Gasteiger partial charge in [0.15, 0.2) is 0 Å². The number of ether oxygens (including phenoxy) is 2. The minimum atomic E-state index is -0.679. The van der Waals surface area contributed by atoms with Gasteiger partial charge < -0.3 is 9.47 Å². The molecule has 0 aliphatic carbocycles. The highest BCUT2D eigenvalue weighted by molar-refractivity contribution is 5.93. The Balaban J connectivity index is 2.39. The van der Waals surface area contributed by atoms with Crippen LogP contribution in [0.15, 0.2) is 24.3 Å². The first-order valence-corrected chi connectivity index (χ1v) is 6.96. The van der Waals surface area contributed by atoms with Crippen LogP contribution in [0.5, 0.6) is 0 Å². The van der Waals surface area contributed by atoms with Gasteiger partial charge >= 0.3 is 12.1 Å². The van der Waals surface area contributed by atoms with Gasteiger partial charge in [-0.05, 0) is 39.8 Å². The van der Waals surface area contributed by atoms with Gasteiger partial charge in [0.2, 0.25) is 5.82 Å². The van der Waals surface area contributed by atoms with Gasteiger partial charge in [0.1, 0.15) is 5.60 Å². The first-order valence-electron chi connectivity index (χ1n) is 6.96. The molecule has 0 saturated heterocycles. The van der Waals surface area contributed by atoms with Crippen molar-refractivity contribution < 1.29 is 19.1 Å². The number of hydrogen-bond donors (Lipinski definition) is 1. The second-order valence-corrected chi connectivity index (χ2v) is 5.59. The molecule has 0 fully saturated rings. The van der Waals surface area contributed by atoms with Crippen LogP contribution in [0.2, 0.25) is 0 Å². The highest BCUT2D eigenvalue weighted by Gasteiger charge is 2.22. The molecule has 2 rings (SSSR count). The molecule has 0 atom stereocenters. The zero-order valence-electron chi connectivity index (χ0n) is 13.0. The van der Waals surface area contributed by atoms with Crippen molar-refractivity contribution >= 4 is 23.1 Å². The molecular weight excluding hydrogens is 286 g/mol. The molecule has 0 saturated carbocycles. The number of benzene rings is 1. The minimum Gasteiger partial charge on any atom is -0.460 e. The van der Waals surface area contributed by atoms with Crippen LogP contribution < -0.4 is 5.43 Å². The Labute approximate surface area is 128 Å². The van der Waals surface area contributed by atoms with Crippen LogP contribution in [-0.4, -0.2) is 33.9 Å². The predicted octanol–water partition coefficient (Wildman–Crippen LogP) is 2.69. The Morgan fingerprint density at radius 1 is 1.27 bits per heavy atom. The lowest BCUT2D eigenvalue weighted by atomic mass is 10.2. The first kappa shape index (κ1) is 15.8. The van der Waals surface area contributed by atoms with E-state index in [1.54, 1.807) is 52.0 Å². The van der Waals surface area contributed by atoms with E-state index in [-0.39, 0.29) is 12.4 Å². The predicted molar refractivity (Wildman–Crippen MR) is 81.3 cm³/mol. The Morgan fingerprint density at radius 2 is 1.95 bits per heavy atom. The molecule has 2 aromatic rings. The number of aromatic nitrogens is 2. The van der Waals surface area contributed by atoms with Crippen molar-refractivity contribution in [1.29, 1.82) is 0 Å². The van der Waals surface area contributed by atoms with E-state index in [1.807, 2.05) is 0 Å². The van der Waals surface area contributed by atoms with E-state index in [1.165, 1.54) is 4.68 Å². The second-order valence-electron chi connectivity index (χ2n) is 5.59. The number of fused-ring (bicyclic) bond motifs is 1. The van der Waals surface area contributed by atoms with Gasteiger partial charge in [-0.1, -0.05) is 12.1 Å². The third-order valence-electron chi connectivity index (χ3n) is 2.62. The summed E-state index contributed by atoms with van der Waals surface area (Å²) in [7, 11) is 0. The molecule has 0 bridgehead atoms. The molecule has 0 spiro atoms. The van der Waals surface area contributed by atoms with Crippen LogP contribution in [-0.2, 0) is 9.47 Å². The Morgan fingerprint density at radius 3 is 2.59 bits per heavy atom. The van der Waals surface area contributed by atoms with Gasteiger partial charge in [0, 0.05) is 0 Å². The van der Waals surface area contributed by atoms with Crippen molar-refractivity contribution in [3.8, 4) is 0 Å². The Kier molecular flexibility index (Phi) is 4.35. The SMILES string of the molecule is CCOC(=O)c1nc2ccccc2n1NC(=O)OC(C)(C)C. The number of rotatable bonds is 3. The smallest absolute Gasteiger partial charge is 0.427 e. The van der Waals surface area contributed by atoms with E-state index in [4.69, 9.17) is 9.47 Å². The number of para-hydroxylation sites is 2. The summed E-state index contributed by atoms with van der Waals surface area (Å²) in [5.41, 5.74) is 3.02. The standard InChI is InChI=1S/C15H19N3O4/c1-5-21-13(19)12-16-10-8-6-7-9-11(10)18(12)17-14(20)22-15(2,3)4/h6-9H,5H2,1-4H3,(H,17,20). The molecule has 0 aliphatic rings. The first-order chi connectivity index (χ1) is 10.3. The molecular formula is C15H19N3O4. The third-order valence-corrected chi connectivity index (χ3v) is 2.62. The van der Waals surface area contributed by atoms with Crippen LogP contribution in [0.4, 0.5) is 4.79 Å². The van der Waals surface area contributed by atoms with Gasteiger partial charge in [-0.2, -0.15) is 0 Å². The lowest BCUT2D eigenvalue weighted by Gasteiger charge is -2.20. The fourth-order valence-electron chi connectivity index (χ4n) is 1.86. The maximum Gasteiger partial charge on any atom is 0.427 e. The van der Waals surface area contributed by atoms with E-state index in [0.29, 0.717) is 11.0 Å². The summed E-state index contributed by atoms with van der Waals surface area (Å²) >= 11 is 0. The maximum absolute atomic E-state index is 12.0. The minimum absolute atomic E-state index is 0.00564. The van der Waals surface area contributed by atoms with Crippen LogP contribution in [0.25, 0.3) is 11.0 Å². The summed E-state index contributed by atoms with van der Waals surface area (Å²) in [5, 5.41) is 0. The van der Waals surface area contributed by atoms with E-state index in [0.717, 1.165) is 0 Å². The zero-order valence-corrected chi connectivity index (χ0v) is 13.0. The average molecular weight is 305 g/mol. The van der Waals surface area contributed by atoms with Crippen molar-refractivity contribution in [2.45, 2.75) is 33.3 Å². The molecule has 0 radical (unpaired) electrons. The monoisotopic (exact) mass is 305 g/mol. The number of nitrogens with one attached hydrogen (secondary N) is 1. The highest BCUT2D eigenvalue weighted by atomic mass is 16.6. The number of nitrogens with zero attached hydrogens (tertiary/aromatic N) is 2. The molecule has 22 heavy (non-hydrogen) atoms. The fraction of sp³-hybridized carbons (Fsp3) is 0.400. The summed E-state index contributed by atoms with van der Waals surface area (Å²) in [6.07, 6.45) is -0.679. The van der Waals surface area contributed by atoms with Gasteiger partial charge in [0.25, 0.3) is 0 Å². The average Bonchev–Trinajstić information content (AvgIpc) is 2.76. The summed E-state index contributed by atoms with van der Waals surface area (Å²) in [6.45, 7) is 7.18. The zero-order chi connectivity index (χ0) is 16.3. The van der Waals surface area contributed by atoms with E-state index in [2.05, 4.69) is 10.4 Å². The van der Waals surface area contributed by atoms with Crippen LogP contribution in [0, 0.1) is 0 Å². The largest absolute Gasteiger partial charge is 0.460 e. The number of imidazole rings is 1. The maximum atomic E-state index is 12.0. The van der Waals surface area contributed by atoms with Crippen molar-refractivity contribution in [2.24, 2.45) is 0 Å². The van der Waals surface area contributed by atoms with E-state index in [9.17, 15) is 9.59 Å². The van der Waals surface area contributed by atoms with E-state index < -0.39 is 17.7 Å². The number of esters is 1. The molecule has 1 N–H and O–H groups in total. The van der Waals surface area contributed by atoms with Gasteiger partial charge in [-0.15, -0.1) is 0 Å². The van der Waals surface area contributed by atoms with Gasteiger partial charge in [-0.3, -0.25) is 0 Å². The van der Waals surface area contributed by atoms with Crippen molar-refractivity contribution in [2.75, 3.05) is 12.0 Å². The number of hydrogen-bond acceptors (Lipinski definition) is 5. The van der Waals surface area contributed by atoms with Crippen LogP contribution in [0.3, 0.4) is 0 Å². The van der Waals surface area contributed by atoms with Gasteiger partial charge in [0.05, 0.1) is 17.6 Å². The second kappa shape index (κ2) is 6.05. The molecule has 7 heteroatoms. The lowest BCUT2D eigenvalue weighted by molar-refractivity contribution is 0.0506. The highest BCUT2D eigenvalue weighted by Crippen LogP contribution is 2.16. The third kappa shape index (κ3) is 3.55. The molecule has 1 aromatic carbocycles. The van der Waals surface area contributed by atoms with Crippen molar-refractivity contribution in [1.82, 2.24) is 9.66 Å². The number of amides is 1. The molecule has 0 unspecified atom stereocenters. The Hall–Kier alpha value is -2.57. The van der Waals surface area contributed by atoms with Crippen LogP contribution >= 0.6 is 0 Å². The summed E-state index contributed by atoms with van der Waals surface area (Å²) in [4.78, 5) is 28.2. The lowest BCUT2D eigenvalue weighted by Crippen LogP contribution is -2.33. The molecule has 118 valence electrons. The fourth-order valence-corrected chi connectivity index (χ4v) is 1.86. The molecule has 0 aliphatic heterocycles. The molecule has 1 amide bonds. The van der Waals surface area contributed by atoms with Crippen LogP contribution in [0.1, 0.15) is 38.3 Å². The topological polar surface area (TPSA) is 82.5 Å². The van der Waals surface area contributed by atoms with Gasteiger partial charge in [-0.25, -0.2) is 24.7 Å². The summed E-state index contributed by atoms with van der Waals surface area (Å²) < 4.78 is 11.4. The normalized spacial score (nSPS) is 11.3. The summed E-state index contributed by atoms with van der Waals surface area (Å²) in [5.74, 6) is -0.622. The molecule has 7 nitrogen and oxygen atoms in total. The number of carbonyl (C=O) groups excluding carboxylic acids is 2. The van der Waals surface area contributed by atoms with Crippen molar-refractivity contribution in [3.63, 3.8) is 0 Å².